The largest absolute Gasteiger partial charge is 0.483 e. The van der Waals surface area contributed by atoms with Crippen molar-refractivity contribution in [3.63, 3.8) is 0 Å². The number of benzene rings is 1. The van der Waals surface area contributed by atoms with Crippen LogP contribution in [0.1, 0.15) is 19.4 Å². The van der Waals surface area contributed by atoms with Gasteiger partial charge in [-0.3, -0.25) is 0 Å². The number of hydrogen-bond donors (Lipinski definition) is 1. The molecule has 6 nitrogen and oxygen atoms in total. The predicted octanol–water partition coefficient (Wildman–Crippen LogP) is 1.18. The standard InChI is InChI=1S/C16H22N2O4S/c1-16(2)12-13-8-7-9-14(15(13)22-16)21-11-6-5-10-17-23(19,20)18(3)4/h7-9,17H,10-12H2,1-4H3. The van der Waals surface area contributed by atoms with Gasteiger partial charge < -0.3 is 9.47 Å². The minimum atomic E-state index is -3.44. The Bertz CT molecular complexity index is 730. The van der Waals surface area contributed by atoms with Gasteiger partial charge in [-0.1, -0.05) is 24.0 Å². The molecule has 0 aliphatic carbocycles. The topological polar surface area (TPSA) is 67.9 Å². The molecule has 0 saturated carbocycles. The van der Waals surface area contributed by atoms with Crippen LogP contribution in [-0.4, -0.2) is 45.6 Å². The summed E-state index contributed by atoms with van der Waals surface area (Å²) in [7, 11) is -0.529. The van der Waals surface area contributed by atoms with Gasteiger partial charge in [0.1, 0.15) is 12.2 Å². The van der Waals surface area contributed by atoms with Crippen molar-refractivity contribution < 1.29 is 17.9 Å². The van der Waals surface area contributed by atoms with E-state index in [0.717, 1.165) is 22.0 Å². The Morgan fingerprint density at radius 1 is 1.35 bits per heavy atom. The number of para-hydroxylation sites is 1. The smallest absolute Gasteiger partial charge is 0.279 e. The van der Waals surface area contributed by atoms with Crippen LogP contribution in [0.15, 0.2) is 18.2 Å². The lowest BCUT2D eigenvalue weighted by Crippen LogP contribution is -2.35. The average Bonchev–Trinajstić information content (AvgIpc) is 2.77. The number of rotatable bonds is 5. The fourth-order valence-corrected chi connectivity index (χ4v) is 2.70. The average molecular weight is 338 g/mol. The van der Waals surface area contributed by atoms with Gasteiger partial charge in [-0.2, -0.15) is 17.4 Å². The van der Waals surface area contributed by atoms with Crippen LogP contribution in [0.4, 0.5) is 0 Å². The Morgan fingerprint density at radius 3 is 2.78 bits per heavy atom. The maximum atomic E-state index is 11.5. The van der Waals surface area contributed by atoms with E-state index < -0.39 is 10.2 Å². The maximum Gasteiger partial charge on any atom is 0.279 e. The second-order valence-corrected chi connectivity index (χ2v) is 8.00. The summed E-state index contributed by atoms with van der Waals surface area (Å²) in [6, 6.07) is 5.80. The number of nitrogens with one attached hydrogen (secondary N) is 1. The molecule has 0 radical (unpaired) electrons. The van der Waals surface area contributed by atoms with E-state index in [0.29, 0.717) is 5.75 Å². The zero-order valence-electron chi connectivity index (χ0n) is 13.8. The third-order valence-corrected chi connectivity index (χ3v) is 4.77. The Kier molecular flexibility index (Phi) is 5.19. The quantitative estimate of drug-likeness (QED) is 0.819. The van der Waals surface area contributed by atoms with Crippen molar-refractivity contribution in [1.82, 2.24) is 9.03 Å². The highest BCUT2D eigenvalue weighted by Gasteiger charge is 2.32. The maximum absolute atomic E-state index is 11.5. The number of ether oxygens (including phenoxy) is 2. The molecule has 0 amide bonds. The minimum absolute atomic E-state index is 0.0420. The Labute approximate surface area is 138 Å². The molecule has 1 heterocycles. The number of fused-ring (bicyclic) bond motifs is 1. The third kappa shape index (κ3) is 4.61. The molecular formula is C16H22N2O4S. The first-order chi connectivity index (χ1) is 10.7. The second kappa shape index (κ2) is 6.79. The molecule has 1 N–H and O–H groups in total. The molecule has 7 heteroatoms. The van der Waals surface area contributed by atoms with E-state index in [9.17, 15) is 8.42 Å². The summed E-state index contributed by atoms with van der Waals surface area (Å²) < 4.78 is 37.9. The van der Waals surface area contributed by atoms with Crippen LogP contribution in [0.2, 0.25) is 0 Å². The summed E-state index contributed by atoms with van der Waals surface area (Å²) in [6.45, 7) is 4.28. The summed E-state index contributed by atoms with van der Waals surface area (Å²) in [5.74, 6) is 6.94. The van der Waals surface area contributed by atoms with E-state index in [2.05, 4.69) is 16.6 Å². The first-order valence-corrected chi connectivity index (χ1v) is 8.72. The van der Waals surface area contributed by atoms with Gasteiger partial charge in [-0.15, -0.1) is 0 Å². The van der Waals surface area contributed by atoms with Gasteiger partial charge in [0.15, 0.2) is 11.5 Å². The van der Waals surface area contributed by atoms with Gasteiger partial charge in [-0.25, -0.2) is 0 Å². The van der Waals surface area contributed by atoms with Gasteiger partial charge in [0, 0.05) is 26.1 Å². The molecule has 23 heavy (non-hydrogen) atoms. The van der Waals surface area contributed by atoms with Crippen molar-refractivity contribution in [2.75, 3.05) is 27.2 Å². The van der Waals surface area contributed by atoms with Crippen LogP contribution < -0.4 is 14.2 Å². The number of nitrogens with zero attached hydrogens (tertiary/aromatic N) is 1. The molecule has 0 aromatic heterocycles. The molecule has 0 bridgehead atoms. The van der Waals surface area contributed by atoms with Crippen LogP contribution in [0.3, 0.4) is 0 Å². The van der Waals surface area contributed by atoms with Crippen molar-refractivity contribution in [2.45, 2.75) is 25.9 Å². The van der Waals surface area contributed by atoms with Gasteiger partial charge in [0.05, 0.1) is 6.54 Å². The highest BCUT2D eigenvalue weighted by Crippen LogP contribution is 2.41. The van der Waals surface area contributed by atoms with Crippen molar-refractivity contribution in [3.8, 4) is 23.3 Å². The molecule has 0 saturated heterocycles. The molecular weight excluding hydrogens is 316 g/mol. The Morgan fingerprint density at radius 2 is 2.09 bits per heavy atom. The molecule has 1 aromatic rings. The minimum Gasteiger partial charge on any atom is -0.483 e. The third-order valence-electron chi connectivity index (χ3n) is 3.30. The summed E-state index contributed by atoms with van der Waals surface area (Å²) >= 11 is 0. The van der Waals surface area contributed by atoms with E-state index in [1.165, 1.54) is 14.1 Å². The molecule has 126 valence electrons. The van der Waals surface area contributed by atoms with Crippen molar-refractivity contribution in [1.29, 1.82) is 0 Å². The van der Waals surface area contributed by atoms with E-state index in [4.69, 9.17) is 9.47 Å². The fourth-order valence-electron chi connectivity index (χ4n) is 2.18. The Hall–Kier alpha value is -1.75. The fraction of sp³-hybridized carbons (Fsp3) is 0.500. The van der Waals surface area contributed by atoms with Crippen LogP contribution in [0, 0.1) is 11.8 Å². The lowest BCUT2D eigenvalue weighted by atomic mass is 10.0. The molecule has 0 atom stereocenters. The first-order valence-electron chi connectivity index (χ1n) is 7.28. The lowest BCUT2D eigenvalue weighted by molar-refractivity contribution is 0.133. The summed E-state index contributed by atoms with van der Waals surface area (Å²) in [5.41, 5.74) is 0.900. The predicted molar refractivity (Wildman–Crippen MR) is 88.7 cm³/mol. The Balaban J connectivity index is 1.88. The van der Waals surface area contributed by atoms with Gasteiger partial charge >= 0.3 is 0 Å². The molecule has 0 unspecified atom stereocenters. The highest BCUT2D eigenvalue weighted by atomic mass is 32.2. The molecule has 1 aromatic carbocycles. The van der Waals surface area contributed by atoms with E-state index >= 15 is 0 Å². The highest BCUT2D eigenvalue weighted by molar-refractivity contribution is 7.87. The second-order valence-electron chi connectivity index (χ2n) is 6.03. The van der Waals surface area contributed by atoms with Gasteiger partial charge in [0.25, 0.3) is 10.2 Å². The van der Waals surface area contributed by atoms with Crippen molar-refractivity contribution >= 4 is 10.2 Å². The van der Waals surface area contributed by atoms with Crippen LogP contribution >= 0.6 is 0 Å². The monoisotopic (exact) mass is 338 g/mol. The summed E-state index contributed by atoms with van der Waals surface area (Å²) in [5, 5.41) is 0. The SMILES string of the molecule is CN(C)S(=O)(=O)NCC#CCOc1cccc2c1OC(C)(C)C2. The zero-order valence-corrected chi connectivity index (χ0v) is 14.7. The van der Waals surface area contributed by atoms with Crippen LogP contribution in [0.25, 0.3) is 0 Å². The molecule has 0 fully saturated rings. The molecule has 1 aliphatic rings. The van der Waals surface area contributed by atoms with Gasteiger partial charge in [0.2, 0.25) is 0 Å². The summed E-state index contributed by atoms with van der Waals surface area (Å²) in [6.07, 6.45) is 0.845. The normalized spacial score (nSPS) is 15.5. The zero-order chi connectivity index (χ0) is 17.1. The summed E-state index contributed by atoms with van der Waals surface area (Å²) in [4.78, 5) is 0. The van der Waals surface area contributed by atoms with Gasteiger partial charge in [-0.05, 0) is 19.9 Å². The van der Waals surface area contributed by atoms with Crippen LogP contribution in [0.5, 0.6) is 11.5 Å². The lowest BCUT2D eigenvalue weighted by Gasteiger charge is -2.17. The van der Waals surface area contributed by atoms with E-state index in [1.807, 2.05) is 32.0 Å². The van der Waals surface area contributed by atoms with E-state index in [-0.39, 0.29) is 18.8 Å². The molecule has 1 aliphatic heterocycles. The molecule has 2 rings (SSSR count). The van der Waals surface area contributed by atoms with Crippen LogP contribution in [-0.2, 0) is 16.6 Å². The molecule has 0 spiro atoms. The van der Waals surface area contributed by atoms with E-state index in [1.54, 1.807) is 0 Å². The van der Waals surface area contributed by atoms with Crippen molar-refractivity contribution in [3.05, 3.63) is 23.8 Å². The number of hydrogen-bond acceptors (Lipinski definition) is 4. The van der Waals surface area contributed by atoms with Crippen molar-refractivity contribution in [2.24, 2.45) is 0 Å². The first kappa shape index (κ1) is 17.6.